The van der Waals surface area contributed by atoms with E-state index in [1.165, 1.54) is 0 Å². The van der Waals surface area contributed by atoms with Crippen molar-refractivity contribution in [3.8, 4) is 11.6 Å². The van der Waals surface area contributed by atoms with Crippen molar-refractivity contribution in [1.82, 2.24) is 9.97 Å². The van der Waals surface area contributed by atoms with Gasteiger partial charge in [-0.3, -0.25) is 0 Å². The second-order valence-corrected chi connectivity index (χ2v) is 4.55. The van der Waals surface area contributed by atoms with Crippen LogP contribution in [0.4, 0.5) is 11.8 Å². The summed E-state index contributed by atoms with van der Waals surface area (Å²) in [4.78, 5) is 8.03. The van der Waals surface area contributed by atoms with E-state index in [0.29, 0.717) is 17.4 Å². The number of aromatic nitrogens is 2. The average molecular weight is 279 g/mol. The van der Waals surface area contributed by atoms with Crippen LogP contribution in [0.1, 0.15) is 11.1 Å². The Bertz CT molecular complexity index is 593. The molecular weight excluding hydrogens is 264 g/mol. The quantitative estimate of drug-likeness (QED) is 0.902. The number of nitrogens with one attached hydrogen (secondary N) is 1. The van der Waals surface area contributed by atoms with Crippen LogP contribution in [0.2, 0.25) is 5.02 Å². The van der Waals surface area contributed by atoms with Gasteiger partial charge in [0.2, 0.25) is 11.8 Å². The fourth-order valence-electron chi connectivity index (χ4n) is 1.71. The van der Waals surface area contributed by atoms with Crippen LogP contribution in [0.15, 0.2) is 18.2 Å². The van der Waals surface area contributed by atoms with Crippen molar-refractivity contribution in [1.29, 1.82) is 0 Å². The van der Waals surface area contributed by atoms with E-state index in [0.717, 1.165) is 16.1 Å². The Kier molecular flexibility index (Phi) is 3.76. The van der Waals surface area contributed by atoms with Crippen LogP contribution in [0.5, 0.6) is 11.6 Å². The Hall–Kier alpha value is -2.01. The maximum Gasteiger partial charge on any atom is 0.226 e. The number of nitrogens with zero attached hydrogens (tertiary/aromatic N) is 2. The molecule has 0 saturated heterocycles. The molecule has 0 radical (unpaired) electrons. The summed E-state index contributed by atoms with van der Waals surface area (Å²) in [6.45, 7) is 3.85. The van der Waals surface area contributed by atoms with Gasteiger partial charge >= 0.3 is 0 Å². The first-order valence-corrected chi connectivity index (χ1v) is 6.14. The molecule has 0 atom stereocenters. The highest BCUT2D eigenvalue weighted by Gasteiger charge is 2.07. The number of aryl methyl sites for hydroxylation is 2. The number of hydrogen-bond acceptors (Lipinski definition) is 5. The Labute approximate surface area is 116 Å². The van der Waals surface area contributed by atoms with Crippen LogP contribution in [-0.4, -0.2) is 17.0 Å². The fourth-order valence-corrected chi connectivity index (χ4v) is 1.82. The molecule has 1 aromatic heterocycles. The molecule has 0 aliphatic carbocycles. The second kappa shape index (κ2) is 5.32. The highest BCUT2D eigenvalue weighted by Crippen LogP contribution is 2.29. The van der Waals surface area contributed by atoms with E-state index in [9.17, 15) is 0 Å². The molecule has 0 unspecified atom stereocenters. The first kappa shape index (κ1) is 13.4. The molecule has 2 rings (SSSR count). The maximum absolute atomic E-state index is 6.11. The molecule has 0 amide bonds. The van der Waals surface area contributed by atoms with Crippen molar-refractivity contribution in [3.05, 3.63) is 34.3 Å². The monoisotopic (exact) mass is 278 g/mol. The first-order valence-electron chi connectivity index (χ1n) is 5.76. The number of benzene rings is 1. The smallest absolute Gasteiger partial charge is 0.226 e. The molecule has 19 heavy (non-hydrogen) atoms. The van der Waals surface area contributed by atoms with Crippen molar-refractivity contribution < 1.29 is 4.74 Å². The third-order valence-electron chi connectivity index (χ3n) is 2.61. The third-order valence-corrected chi connectivity index (χ3v) is 3.20. The molecule has 5 nitrogen and oxygen atoms in total. The minimum absolute atomic E-state index is 0.157. The molecule has 100 valence electrons. The van der Waals surface area contributed by atoms with Gasteiger partial charge in [-0.25, -0.2) is 0 Å². The van der Waals surface area contributed by atoms with Crippen LogP contribution >= 0.6 is 11.6 Å². The van der Waals surface area contributed by atoms with Crippen molar-refractivity contribution in [2.45, 2.75) is 13.8 Å². The van der Waals surface area contributed by atoms with Crippen LogP contribution < -0.4 is 15.8 Å². The topological polar surface area (TPSA) is 73.1 Å². The van der Waals surface area contributed by atoms with Gasteiger partial charge in [0.1, 0.15) is 11.6 Å². The number of rotatable bonds is 3. The minimum Gasteiger partial charge on any atom is -0.439 e. The second-order valence-electron chi connectivity index (χ2n) is 4.17. The fraction of sp³-hybridized carbons (Fsp3) is 0.231. The molecule has 2 aromatic rings. The molecule has 1 heterocycles. The molecule has 1 aromatic carbocycles. The van der Waals surface area contributed by atoms with Gasteiger partial charge in [-0.05, 0) is 37.1 Å². The van der Waals surface area contributed by atoms with E-state index in [4.69, 9.17) is 22.1 Å². The summed E-state index contributed by atoms with van der Waals surface area (Å²) >= 11 is 6.11. The summed E-state index contributed by atoms with van der Waals surface area (Å²) in [5, 5.41) is 3.63. The highest BCUT2D eigenvalue weighted by molar-refractivity contribution is 6.32. The lowest BCUT2D eigenvalue weighted by molar-refractivity contribution is 0.462. The van der Waals surface area contributed by atoms with E-state index in [2.05, 4.69) is 15.3 Å². The summed E-state index contributed by atoms with van der Waals surface area (Å²) in [5.41, 5.74) is 7.51. The first-order chi connectivity index (χ1) is 8.99. The van der Waals surface area contributed by atoms with Crippen molar-refractivity contribution in [3.63, 3.8) is 0 Å². The Morgan fingerprint density at radius 1 is 1.16 bits per heavy atom. The molecule has 0 bridgehead atoms. The number of halogens is 1. The standard InChI is InChI=1S/C13H15ClN4O/c1-7-4-9(5-8(2)12(7)14)19-11-6-10(16-3)17-13(15)18-11/h4-6H,1-3H3,(H3,15,16,17,18). The maximum atomic E-state index is 6.11. The molecule has 0 saturated carbocycles. The highest BCUT2D eigenvalue weighted by atomic mass is 35.5. The zero-order valence-electron chi connectivity index (χ0n) is 11.0. The zero-order chi connectivity index (χ0) is 14.0. The largest absolute Gasteiger partial charge is 0.439 e. The predicted octanol–water partition coefficient (Wildman–Crippen LogP) is 3.16. The number of anilines is 2. The summed E-state index contributed by atoms with van der Waals surface area (Å²) in [6, 6.07) is 5.38. The van der Waals surface area contributed by atoms with Gasteiger partial charge in [0.15, 0.2) is 0 Å². The SMILES string of the molecule is CNc1cc(Oc2cc(C)c(Cl)c(C)c2)nc(N)n1. The van der Waals surface area contributed by atoms with Crippen molar-refractivity contribution in [2.24, 2.45) is 0 Å². The van der Waals surface area contributed by atoms with Gasteiger partial charge < -0.3 is 15.8 Å². The molecule has 0 aliphatic heterocycles. The van der Waals surface area contributed by atoms with Crippen LogP contribution in [-0.2, 0) is 0 Å². The van der Waals surface area contributed by atoms with Gasteiger partial charge in [0.05, 0.1) is 0 Å². The molecule has 0 fully saturated rings. The minimum atomic E-state index is 0.157. The van der Waals surface area contributed by atoms with Crippen molar-refractivity contribution in [2.75, 3.05) is 18.1 Å². The molecular formula is C13H15ClN4O. The predicted molar refractivity (Wildman–Crippen MR) is 77.0 cm³/mol. The van der Waals surface area contributed by atoms with Gasteiger partial charge in [0, 0.05) is 18.1 Å². The molecule has 3 N–H and O–H groups in total. The van der Waals surface area contributed by atoms with E-state index in [1.54, 1.807) is 13.1 Å². The summed E-state index contributed by atoms with van der Waals surface area (Å²) in [6.07, 6.45) is 0. The van der Waals surface area contributed by atoms with E-state index >= 15 is 0 Å². The van der Waals surface area contributed by atoms with Gasteiger partial charge in [-0.15, -0.1) is 0 Å². The van der Waals surface area contributed by atoms with Crippen LogP contribution in [0.3, 0.4) is 0 Å². The van der Waals surface area contributed by atoms with Crippen LogP contribution in [0.25, 0.3) is 0 Å². The lowest BCUT2D eigenvalue weighted by Gasteiger charge is -2.10. The number of ether oxygens (including phenoxy) is 1. The molecule has 0 spiro atoms. The number of nitrogens with two attached hydrogens (primary N) is 1. The lowest BCUT2D eigenvalue weighted by atomic mass is 10.1. The van der Waals surface area contributed by atoms with Gasteiger partial charge in [-0.1, -0.05) is 11.6 Å². The van der Waals surface area contributed by atoms with Crippen molar-refractivity contribution >= 4 is 23.4 Å². The third kappa shape index (κ3) is 3.06. The molecule has 0 aliphatic rings. The summed E-state index contributed by atoms with van der Waals surface area (Å²) in [5.74, 6) is 1.81. The van der Waals surface area contributed by atoms with Gasteiger partial charge in [0.25, 0.3) is 0 Å². The number of hydrogen-bond donors (Lipinski definition) is 2. The average Bonchev–Trinajstić information content (AvgIpc) is 2.35. The number of nitrogen functional groups attached to an aromatic ring is 1. The Balaban J connectivity index is 2.33. The lowest BCUT2D eigenvalue weighted by Crippen LogP contribution is -2.01. The molecule has 6 heteroatoms. The summed E-state index contributed by atoms with van der Waals surface area (Å²) < 4.78 is 5.69. The summed E-state index contributed by atoms with van der Waals surface area (Å²) in [7, 11) is 1.75. The van der Waals surface area contributed by atoms with Crippen LogP contribution in [0, 0.1) is 13.8 Å². The Morgan fingerprint density at radius 3 is 2.37 bits per heavy atom. The van der Waals surface area contributed by atoms with E-state index in [-0.39, 0.29) is 5.95 Å². The normalized spacial score (nSPS) is 10.3. The van der Waals surface area contributed by atoms with E-state index in [1.807, 2.05) is 26.0 Å². The zero-order valence-corrected chi connectivity index (χ0v) is 11.7. The van der Waals surface area contributed by atoms with Gasteiger partial charge in [-0.2, -0.15) is 9.97 Å². The van der Waals surface area contributed by atoms with E-state index < -0.39 is 0 Å². The Morgan fingerprint density at radius 2 is 1.79 bits per heavy atom.